The molecule has 6 nitrogen and oxygen atoms in total. The third kappa shape index (κ3) is 5.37. The Morgan fingerprint density at radius 2 is 1.47 bits per heavy atom. The molecule has 2 aromatic rings. The average molecular weight is 409 g/mol. The van der Waals surface area contributed by atoms with Gasteiger partial charge in [-0.15, -0.1) is 0 Å². The lowest BCUT2D eigenvalue weighted by Crippen LogP contribution is -2.50. The van der Waals surface area contributed by atoms with Crippen LogP contribution in [-0.2, 0) is 4.79 Å². The van der Waals surface area contributed by atoms with E-state index in [9.17, 15) is 9.59 Å². The van der Waals surface area contributed by atoms with Gasteiger partial charge in [-0.25, -0.2) is 0 Å². The topological polar surface area (TPSA) is 55.9 Å². The molecule has 2 aromatic carbocycles. The number of nitrogens with zero attached hydrogens (tertiary/aromatic N) is 3. The number of carbonyl (C=O) groups excluding carboxylic acids is 2. The molecule has 4 rings (SSSR count). The lowest BCUT2D eigenvalue weighted by molar-refractivity contribution is -0.132. The molecule has 2 fully saturated rings. The highest BCUT2D eigenvalue weighted by Crippen LogP contribution is 2.15. The van der Waals surface area contributed by atoms with E-state index in [1.807, 2.05) is 47.4 Å². The molecule has 0 bridgehead atoms. The Morgan fingerprint density at radius 1 is 0.800 bits per heavy atom. The van der Waals surface area contributed by atoms with E-state index in [4.69, 9.17) is 0 Å². The van der Waals surface area contributed by atoms with E-state index in [0.29, 0.717) is 18.5 Å². The molecule has 6 heteroatoms. The second kappa shape index (κ2) is 10.0. The van der Waals surface area contributed by atoms with E-state index in [0.717, 1.165) is 50.0 Å². The van der Waals surface area contributed by atoms with Gasteiger partial charge in [0.25, 0.3) is 5.91 Å². The van der Waals surface area contributed by atoms with Gasteiger partial charge in [-0.1, -0.05) is 30.3 Å². The highest BCUT2D eigenvalue weighted by Gasteiger charge is 2.21. The molecule has 2 aliphatic heterocycles. The number of carbonyl (C=O) groups is 2. The standard InChI is InChI=1S/C24H32N4O2/c29-23(28-17-15-27(16-18-28)14-13-26-11-3-4-12-26)9-10-25-24(30)22-8-7-20-5-1-2-6-21(20)19-22/h1-2,5-8,19H,3-4,9-18H2,(H,25,30). The van der Waals surface area contributed by atoms with Crippen molar-refractivity contribution in [2.45, 2.75) is 19.3 Å². The molecule has 0 atom stereocenters. The Balaban J connectivity index is 1.16. The van der Waals surface area contributed by atoms with Gasteiger partial charge in [-0.05, 0) is 48.8 Å². The van der Waals surface area contributed by atoms with Crippen molar-refractivity contribution in [3.63, 3.8) is 0 Å². The van der Waals surface area contributed by atoms with Crippen LogP contribution in [0, 0.1) is 0 Å². The number of hydrogen-bond acceptors (Lipinski definition) is 4. The summed E-state index contributed by atoms with van der Waals surface area (Å²) in [7, 11) is 0. The number of benzene rings is 2. The van der Waals surface area contributed by atoms with Gasteiger partial charge in [-0.2, -0.15) is 0 Å². The maximum atomic E-state index is 12.5. The minimum absolute atomic E-state index is 0.125. The van der Waals surface area contributed by atoms with Gasteiger partial charge in [0.2, 0.25) is 5.91 Å². The number of nitrogens with one attached hydrogen (secondary N) is 1. The number of amides is 2. The van der Waals surface area contributed by atoms with Crippen molar-refractivity contribution in [1.82, 2.24) is 20.0 Å². The molecular weight excluding hydrogens is 376 g/mol. The summed E-state index contributed by atoms with van der Waals surface area (Å²) >= 11 is 0. The van der Waals surface area contributed by atoms with Crippen LogP contribution in [0.25, 0.3) is 10.8 Å². The van der Waals surface area contributed by atoms with Gasteiger partial charge in [0, 0.05) is 57.8 Å². The Labute approximate surface area is 178 Å². The van der Waals surface area contributed by atoms with Crippen LogP contribution in [0.1, 0.15) is 29.6 Å². The third-order valence-electron chi connectivity index (χ3n) is 6.29. The van der Waals surface area contributed by atoms with Crippen molar-refractivity contribution in [1.29, 1.82) is 0 Å². The molecule has 2 saturated heterocycles. The predicted molar refractivity (Wildman–Crippen MR) is 120 cm³/mol. The molecule has 2 amide bonds. The van der Waals surface area contributed by atoms with E-state index in [-0.39, 0.29) is 11.8 Å². The number of piperazine rings is 1. The molecule has 0 spiro atoms. The van der Waals surface area contributed by atoms with Crippen LogP contribution in [0.2, 0.25) is 0 Å². The molecule has 0 radical (unpaired) electrons. The molecule has 0 unspecified atom stereocenters. The Morgan fingerprint density at radius 3 is 2.20 bits per heavy atom. The minimum Gasteiger partial charge on any atom is -0.352 e. The van der Waals surface area contributed by atoms with Crippen molar-refractivity contribution in [2.24, 2.45) is 0 Å². The summed E-state index contributed by atoms with van der Waals surface area (Å²) in [6, 6.07) is 13.7. The summed E-state index contributed by atoms with van der Waals surface area (Å²) in [5.74, 6) is 0.00768. The summed E-state index contributed by atoms with van der Waals surface area (Å²) in [6.07, 6.45) is 3.02. The van der Waals surface area contributed by atoms with E-state index < -0.39 is 0 Å². The van der Waals surface area contributed by atoms with Crippen molar-refractivity contribution in [2.75, 3.05) is 58.9 Å². The maximum Gasteiger partial charge on any atom is 0.251 e. The lowest BCUT2D eigenvalue weighted by atomic mass is 10.1. The molecular formula is C24H32N4O2. The summed E-state index contributed by atoms with van der Waals surface area (Å²) < 4.78 is 0. The van der Waals surface area contributed by atoms with Crippen molar-refractivity contribution < 1.29 is 9.59 Å². The largest absolute Gasteiger partial charge is 0.352 e. The zero-order valence-corrected chi connectivity index (χ0v) is 17.7. The SMILES string of the molecule is O=C(NCCC(=O)N1CCN(CCN2CCCC2)CC1)c1ccc2ccccc2c1. The normalized spacial score (nSPS) is 18.1. The van der Waals surface area contributed by atoms with Crippen LogP contribution >= 0.6 is 0 Å². The summed E-state index contributed by atoms with van der Waals surface area (Å²) in [5.41, 5.74) is 0.632. The molecule has 160 valence electrons. The molecule has 0 aliphatic carbocycles. The van der Waals surface area contributed by atoms with Crippen LogP contribution < -0.4 is 5.32 Å². The zero-order chi connectivity index (χ0) is 20.8. The highest BCUT2D eigenvalue weighted by atomic mass is 16.2. The number of rotatable bonds is 7. The van der Waals surface area contributed by atoms with Gasteiger partial charge in [-0.3, -0.25) is 14.5 Å². The number of likely N-dealkylation sites (tertiary alicyclic amines) is 1. The monoisotopic (exact) mass is 408 g/mol. The van der Waals surface area contributed by atoms with Gasteiger partial charge in [0.1, 0.15) is 0 Å². The van der Waals surface area contributed by atoms with E-state index in [1.165, 1.54) is 25.9 Å². The molecule has 1 N–H and O–H groups in total. The second-order valence-electron chi connectivity index (χ2n) is 8.34. The molecule has 30 heavy (non-hydrogen) atoms. The smallest absolute Gasteiger partial charge is 0.251 e. The van der Waals surface area contributed by atoms with Crippen molar-refractivity contribution in [3.8, 4) is 0 Å². The maximum absolute atomic E-state index is 12.5. The lowest BCUT2D eigenvalue weighted by Gasteiger charge is -2.35. The summed E-state index contributed by atoms with van der Waals surface area (Å²) in [4.78, 5) is 31.9. The van der Waals surface area contributed by atoms with Crippen LogP contribution in [0.15, 0.2) is 42.5 Å². The predicted octanol–water partition coefficient (Wildman–Crippen LogP) is 2.20. The first kappa shape index (κ1) is 20.8. The highest BCUT2D eigenvalue weighted by molar-refractivity contribution is 5.98. The van der Waals surface area contributed by atoms with Gasteiger partial charge in [0.05, 0.1) is 0 Å². The number of fused-ring (bicyclic) bond motifs is 1. The average Bonchev–Trinajstić information content (AvgIpc) is 3.31. The van der Waals surface area contributed by atoms with Crippen molar-refractivity contribution >= 4 is 22.6 Å². The fourth-order valence-electron chi connectivity index (χ4n) is 4.38. The van der Waals surface area contributed by atoms with E-state index in [1.54, 1.807) is 0 Å². The second-order valence-corrected chi connectivity index (χ2v) is 8.34. The van der Waals surface area contributed by atoms with E-state index in [2.05, 4.69) is 15.1 Å². The first-order valence-electron chi connectivity index (χ1n) is 11.2. The van der Waals surface area contributed by atoms with Crippen LogP contribution in [0.4, 0.5) is 0 Å². The van der Waals surface area contributed by atoms with Gasteiger partial charge < -0.3 is 15.1 Å². The first-order chi connectivity index (χ1) is 14.7. The quantitative estimate of drug-likeness (QED) is 0.763. The Bertz CT molecular complexity index is 870. The van der Waals surface area contributed by atoms with Crippen LogP contribution in [-0.4, -0.2) is 85.4 Å². The molecule has 0 saturated carbocycles. The molecule has 2 aliphatic rings. The van der Waals surface area contributed by atoms with Gasteiger partial charge >= 0.3 is 0 Å². The van der Waals surface area contributed by atoms with Crippen LogP contribution in [0.3, 0.4) is 0 Å². The third-order valence-corrected chi connectivity index (χ3v) is 6.29. The van der Waals surface area contributed by atoms with Crippen LogP contribution in [0.5, 0.6) is 0 Å². The molecule has 2 heterocycles. The van der Waals surface area contributed by atoms with Gasteiger partial charge in [0.15, 0.2) is 0 Å². The van der Waals surface area contributed by atoms with E-state index >= 15 is 0 Å². The van der Waals surface area contributed by atoms with Crippen molar-refractivity contribution in [3.05, 3.63) is 48.0 Å². The minimum atomic E-state index is -0.125. The molecule has 0 aromatic heterocycles. The Kier molecular flexibility index (Phi) is 6.97. The first-order valence-corrected chi connectivity index (χ1v) is 11.2. The Hall–Kier alpha value is -2.44. The summed E-state index contributed by atoms with van der Waals surface area (Å²) in [6.45, 7) is 8.58. The zero-order valence-electron chi connectivity index (χ0n) is 17.7. The fraction of sp³-hybridized carbons (Fsp3) is 0.500. The number of hydrogen-bond donors (Lipinski definition) is 1. The summed E-state index contributed by atoms with van der Waals surface area (Å²) in [5, 5.41) is 5.05. The fourth-order valence-corrected chi connectivity index (χ4v) is 4.38.